The molecule has 6 nitrogen and oxygen atoms in total. The van der Waals surface area contributed by atoms with Crippen LogP contribution in [0.3, 0.4) is 0 Å². The van der Waals surface area contributed by atoms with Crippen molar-refractivity contribution in [2.75, 3.05) is 11.9 Å². The summed E-state index contributed by atoms with van der Waals surface area (Å²) < 4.78 is 7.08. The number of hydrogen-bond acceptors (Lipinski definition) is 4. The lowest BCUT2D eigenvalue weighted by Crippen LogP contribution is -2.23. The summed E-state index contributed by atoms with van der Waals surface area (Å²) in [5.74, 6) is -0.138. The van der Waals surface area contributed by atoms with Gasteiger partial charge in [-0.2, -0.15) is 0 Å². The number of nitrogens with one attached hydrogen (secondary N) is 1. The number of anilines is 1. The SMILES string of the molecule is Cc1c(OCC(=O)Nc2ccncc2)c(=O)ccn1C. The van der Waals surface area contributed by atoms with Gasteiger partial charge in [0.05, 0.1) is 5.69 Å². The topological polar surface area (TPSA) is 73.2 Å². The van der Waals surface area contributed by atoms with E-state index in [9.17, 15) is 9.59 Å². The molecule has 2 aromatic rings. The number of carbonyl (C=O) groups excluding carboxylic acids is 1. The number of carbonyl (C=O) groups is 1. The first-order valence-electron chi connectivity index (χ1n) is 6.07. The summed E-state index contributed by atoms with van der Waals surface area (Å²) in [4.78, 5) is 27.3. The first-order valence-corrected chi connectivity index (χ1v) is 6.07. The molecular weight excluding hydrogens is 258 g/mol. The standard InChI is InChI=1S/C14H15N3O3/c1-10-14(12(18)5-8-17(10)2)20-9-13(19)16-11-3-6-15-7-4-11/h3-8H,9H2,1-2H3,(H,15,16,19). The maximum absolute atomic E-state index is 11.7. The molecule has 1 N–H and O–H groups in total. The average Bonchev–Trinajstić information content (AvgIpc) is 2.44. The lowest BCUT2D eigenvalue weighted by molar-refractivity contribution is -0.118. The van der Waals surface area contributed by atoms with Crippen molar-refractivity contribution in [3.63, 3.8) is 0 Å². The zero-order valence-electron chi connectivity index (χ0n) is 11.3. The maximum atomic E-state index is 11.7. The molecule has 2 rings (SSSR count). The fourth-order valence-corrected chi connectivity index (χ4v) is 1.65. The fourth-order valence-electron chi connectivity index (χ4n) is 1.65. The molecule has 0 atom stereocenters. The Morgan fingerprint density at radius 1 is 1.35 bits per heavy atom. The lowest BCUT2D eigenvalue weighted by atomic mass is 10.3. The minimum atomic E-state index is -0.332. The molecule has 2 heterocycles. The smallest absolute Gasteiger partial charge is 0.262 e. The molecule has 0 aliphatic carbocycles. The van der Waals surface area contributed by atoms with Crippen molar-refractivity contribution >= 4 is 11.6 Å². The molecule has 0 aromatic carbocycles. The van der Waals surface area contributed by atoms with E-state index in [4.69, 9.17) is 4.74 Å². The Bertz CT molecular complexity index is 665. The van der Waals surface area contributed by atoms with E-state index in [1.54, 1.807) is 49.3 Å². The number of rotatable bonds is 4. The normalized spacial score (nSPS) is 10.1. The molecule has 20 heavy (non-hydrogen) atoms. The van der Waals surface area contributed by atoms with Crippen molar-refractivity contribution in [2.45, 2.75) is 6.92 Å². The Kier molecular flexibility index (Phi) is 4.14. The number of aryl methyl sites for hydroxylation is 1. The van der Waals surface area contributed by atoms with Gasteiger partial charge >= 0.3 is 0 Å². The maximum Gasteiger partial charge on any atom is 0.262 e. The van der Waals surface area contributed by atoms with Crippen LogP contribution in [-0.4, -0.2) is 22.1 Å². The molecule has 6 heteroatoms. The summed E-state index contributed by atoms with van der Waals surface area (Å²) in [6, 6.07) is 4.75. The van der Waals surface area contributed by atoms with Crippen LogP contribution in [0.15, 0.2) is 41.6 Å². The molecule has 0 fully saturated rings. The van der Waals surface area contributed by atoms with E-state index in [0.717, 1.165) is 0 Å². The molecule has 2 aromatic heterocycles. The number of aromatic nitrogens is 2. The second-order valence-electron chi connectivity index (χ2n) is 4.28. The Morgan fingerprint density at radius 2 is 2.05 bits per heavy atom. The molecule has 0 radical (unpaired) electrons. The predicted octanol–water partition coefficient (Wildman–Crippen LogP) is 1.11. The highest BCUT2D eigenvalue weighted by Gasteiger charge is 2.09. The highest BCUT2D eigenvalue weighted by molar-refractivity contribution is 5.91. The van der Waals surface area contributed by atoms with Crippen LogP contribution < -0.4 is 15.5 Å². The Hall–Kier alpha value is -2.63. The fraction of sp³-hybridized carbons (Fsp3) is 0.214. The van der Waals surface area contributed by atoms with Crippen molar-refractivity contribution in [3.8, 4) is 5.75 Å². The van der Waals surface area contributed by atoms with Gasteiger partial charge < -0.3 is 14.6 Å². The molecule has 0 saturated heterocycles. The van der Waals surface area contributed by atoms with E-state index in [0.29, 0.717) is 11.4 Å². The first-order chi connectivity index (χ1) is 9.58. The van der Waals surface area contributed by atoms with E-state index < -0.39 is 0 Å². The summed E-state index contributed by atoms with van der Waals surface area (Å²) in [5.41, 5.74) is 1.07. The molecule has 1 amide bonds. The molecule has 0 saturated carbocycles. The Morgan fingerprint density at radius 3 is 2.75 bits per heavy atom. The van der Waals surface area contributed by atoms with Gasteiger partial charge in [-0.15, -0.1) is 0 Å². The van der Waals surface area contributed by atoms with E-state index in [-0.39, 0.29) is 23.7 Å². The third-order valence-corrected chi connectivity index (χ3v) is 2.84. The predicted molar refractivity (Wildman–Crippen MR) is 74.8 cm³/mol. The summed E-state index contributed by atoms with van der Waals surface area (Å²) in [7, 11) is 1.80. The average molecular weight is 273 g/mol. The van der Waals surface area contributed by atoms with Crippen molar-refractivity contribution in [1.29, 1.82) is 0 Å². The van der Waals surface area contributed by atoms with Crippen LogP contribution >= 0.6 is 0 Å². The van der Waals surface area contributed by atoms with Gasteiger partial charge in [-0.1, -0.05) is 0 Å². The molecule has 0 aliphatic heterocycles. The third-order valence-electron chi connectivity index (χ3n) is 2.84. The Balaban J connectivity index is 2.01. The quantitative estimate of drug-likeness (QED) is 0.905. The van der Waals surface area contributed by atoms with E-state index in [1.165, 1.54) is 6.07 Å². The van der Waals surface area contributed by atoms with Crippen LogP contribution in [0.5, 0.6) is 5.75 Å². The van der Waals surface area contributed by atoms with Crippen LogP contribution in [0.4, 0.5) is 5.69 Å². The van der Waals surface area contributed by atoms with E-state index in [2.05, 4.69) is 10.3 Å². The summed E-state index contributed by atoms with van der Waals surface area (Å²) in [5, 5.41) is 2.65. The number of ether oxygens (including phenoxy) is 1. The summed E-state index contributed by atoms with van der Waals surface area (Å²) >= 11 is 0. The highest BCUT2D eigenvalue weighted by Crippen LogP contribution is 2.10. The highest BCUT2D eigenvalue weighted by atomic mass is 16.5. The second kappa shape index (κ2) is 6.01. The largest absolute Gasteiger partial charge is 0.478 e. The Labute approximate surface area is 116 Å². The van der Waals surface area contributed by atoms with Crippen molar-refractivity contribution in [2.24, 2.45) is 7.05 Å². The zero-order valence-corrected chi connectivity index (χ0v) is 11.3. The first kappa shape index (κ1) is 13.8. The minimum Gasteiger partial charge on any atom is -0.478 e. The molecule has 104 valence electrons. The van der Waals surface area contributed by atoms with Gasteiger partial charge in [-0.05, 0) is 19.1 Å². The number of nitrogens with zero attached hydrogens (tertiary/aromatic N) is 2. The van der Waals surface area contributed by atoms with Gasteiger partial charge in [0.2, 0.25) is 5.43 Å². The van der Waals surface area contributed by atoms with Crippen LogP contribution in [0.2, 0.25) is 0 Å². The molecule has 0 aliphatic rings. The van der Waals surface area contributed by atoms with Gasteiger partial charge in [0.1, 0.15) is 0 Å². The van der Waals surface area contributed by atoms with E-state index in [1.807, 2.05) is 0 Å². The van der Waals surface area contributed by atoms with Gasteiger partial charge in [0, 0.05) is 37.4 Å². The second-order valence-corrected chi connectivity index (χ2v) is 4.28. The third kappa shape index (κ3) is 3.23. The summed E-state index contributed by atoms with van der Waals surface area (Å²) in [6.07, 6.45) is 4.81. The number of pyridine rings is 2. The van der Waals surface area contributed by atoms with Gasteiger partial charge in [-0.3, -0.25) is 14.6 Å². The van der Waals surface area contributed by atoms with Gasteiger partial charge in [0.25, 0.3) is 5.91 Å². The zero-order chi connectivity index (χ0) is 14.5. The van der Waals surface area contributed by atoms with Crippen molar-refractivity contribution in [3.05, 3.63) is 52.7 Å². The summed E-state index contributed by atoms with van der Waals surface area (Å²) in [6.45, 7) is 1.54. The molecule has 0 spiro atoms. The molecular formula is C14H15N3O3. The monoisotopic (exact) mass is 273 g/mol. The number of hydrogen-bond donors (Lipinski definition) is 1. The van der Waals surface area contributed by atoms with Crippen LogP contribution in [0.1, 0.15) is 5.69 Å². The number of amides is 1. The minimum absolute atomic E-state index is 0.194. The molecule has 0 bridgehead atoms. The van der Waals surface area contributed by atoms with Crippen LogP contribution in [0.25, 0.3) is 0 Å². The van der Waals surface area contributed by atoms with Crippen molar-refractivity contribution in [1.82, 2.24) is 9.55 Å². The van der Waals surface area contributed by atoms with E-state index >= 15 is 0 Å². The van der Waals surface area contributed by atoms with Crippen molar-refractivity contribution < 1.29 is 9.53 Å². The lowest BCUT2D eigenvalue weighted by Gasteiger charge is -2.11. The van der Waals surface area contributed by atoms with Gasteiger partial charge in [-0.25, -0.2) is 0 Å². The van der Waals surface area contributed by atoms with Crippen LogP contribution in [0, 0.1) is 6.92 Å². The van der Waals surface area contributed by atoms with Crippen LogP contribution in [-0.2, 0) is 11.8 Å². The molecule has 0 unspecified atom stereocenters. The van der Waals surface area contributed by atoms with Gasteiger partial charge in [0.15, 0.2) is 12.4 Å².